The van der Waals surface area contributed by atoms with Crippen molar-refractivity contribution >= 4 is 21.6 Å². The Morgan fingerprint density at radius 3 is 2.33 bits per heavy atom. The van der Waals surface area contributed by atoms with E-state index in [1.807, 2.05) is 24.3 Å². The highest BCUT2D eigenvalue weighted by atomic mass is 32.2. The van der Waals surface area contributed by atoms with Crippen LogP contribution in [0.5, 0.6) is 0 Å². The Bertz CT molecular complexity index is 963. The average Bonchev–Trinajstić information content (AvgIpc) is 2.63. The predicted molar refractivity (Wildman–Crippen MR) is 105 cm³/mol. The predicted octanol–water partition coefficient (Wildman–Crippen LogP) is 2.25. The summed E-state index contributed by atoms with van der Waals surface area (Å²) in [6, 6.07) is 9.93. The van der Waals surface area contributed by atoms with Gasteiger partial charge in [0.1, 0.15) is 6.54 Å². The number of pyridine rings is 1. The third kappa shape index (κ3) is 5.05. The van der Waals surface area contributed by atoms with Gasteiger partial charge in [0.05, 0.1) is 4.90 Å². The number of anilines is 1. The second-order valence-corrected chi connectivity index (χ2v) is 8.75. The number of hydrogen-bond donors (Lipinski definition) is 1. The molecule has 0 bridgehead atoms. The van der Waals surface area contributed by atoms with E-state index in [2.05, 4.69) is 19.2 Å². The Labute approximate surface area is 159 Å². The van der Waals surface area contributed by atoms with Crippen molar-refractivity contribution in [1.29, 1.82) is 0 Å². The lowest BCUT2D eigenvalue weighted by Crippen LogP contribution is -2.29. The first-order chi connectivity index (χ1) is 12.6. The normalized spacial score (nSPS) is 12.8. The smallest absolute Gasteiger partial charge is 0.251 e. The molecule has 0 aliphatic rings. The van der Waals surface area contributed by atoms with Gasteiger partial charge in [-0.15, -0.1) is 0 Å². The Morgan fingerprint density at radius 1 is 1.15 bits per heavy atom. The number of nitrogens with zero attached hydrogens (tertiary/aromatic N) is 2. The lowest BCUT2D eigenvalue weighted by Gasteiger charge is -2.13. The zero-order valence-corrected chi connectivity index (χ0v) is 16.8. The Balaban J connectivity index is 2.15. The quantitative estimate of drug-likeness (QED) is 0.784. The number of aromatic nitrogens is 1. The summed E-state index contributed by atoms with van der Waals surface area (Å²) < 4.78 is 26.5. The van der Waals surface area contributed by atoms with E-state index in [0.717, 1.165) is 21.4 Å². The second-order valence-electron chi connectivity index (χ2n) is 6.60. The molecule has 1 heterocycles. The van der Waals surface area contributed by atoms with Crippen molar-refractivity contribution < 1.29 is 13.2 Å². The summed E-state index contributed by atoms with van der Waals surface area (Å²) in [5, 5.41) is 2.72. The van der Waals surface area contributed by atoms with Crippen molar-refractivity contribution in [2.24, 2.45) is 0 Å². The SMILES string of the molecule is CC[C@H](C)c1ccc(NC(=O)Cn2cc(S(=O)(=O)N(C)C)ccc2=O)cc1. The highest BCUT2D eigenvalue weighted by Gasteiger charge is 2.18. The largest absolute Gasteiger partial charge is 0.325 e. The molecule has 0 saturated heterocycles. The van der Waals surface area contributed by atoms with E-state index in [0.29, 0.717) is 11.6 Å². The van der Waals surface area contributed by atoms with E-state index in [4.69, 9.17) is 0 Å². The van der Waals surface area contributed by atoms with Gasteiger partial charge in [-0.2, -0.15) is 0 Å². The zero-order chi connectivity index (χ0) is 20.2. The van der Waals surface area contributed by atoms with Gasteiger partial charge in [0.2, 0.25) is 15.9 Å². The number of hydrogen-bond acceptors (Lipinski definition) is 4. The minimum absolute atomic E-state index is 0.0437. The fourth-order valence-electron chi connectivity index (χ4n) is 2.48. The van der Waals surface area contributed by atoms with Crippen LogP contribution < -0.4 is 10.9 Å². The van der Waals surface area contributed by atoms with Crippen LogP contribution in [0.3, 0.4) is 0 Å². The van der Waals surface area contributed by atoms with Crippen molar-refractivity contribution in [3.05, 3.63) is 58.5 Å². The van der Waals surface area contributed by atoms with Crippen LogP contribution in [0.25, 0.3) is 0 Å². The summed E-state index contributed by atoms with van der Waals surface area (Å²) in [5.41, 5.74) is 1.36. The van der Waals surface area contributed by atoms with Crippen molar-refractivity contribution in [1.82, 2.24) is 8.87 Å². The van der Waals surface area contributed by atoms with Gasteiger partial charge in [-0.25, -0.2) is 12.7 Å². The Morgan fingerprint density at radius 2 is 1.78 bits per heavy atom. The molecule has 7 nitrogen and oxygen atoms in total. The summed E-state index contributed by atoms with van der Waals surface area (Å²) in [6.45, 7) is 3.97. The number of amides is 1. The number of benzene rings is 1. The van der Waals surface area contributed by atoms with E-state index < -0.39 is 21.5 Å². The first kappa shape index (κ1) is 20.9. The lowest BCUT2D eigenvalue weighted by atomic mass is 9.99. The number of sulfonamides is 1. The maximum absolute atomic E-state index is 12.3. The highest BCUT2D eigenvalue weighted by molar-refractivity contribution is 7.89. The van der Waals surface area contributed by atoms with Crippen LogP contribution in [0.15, 0.2) is 52.3 Å². The summed E-state index contributed by atoms with van der Waals surface area (Å²) >= 11 is 0. The third-order valence-electron chi connectivity index (χ3n) is 4.42. The lowest BCUT2D eigenvalue weighted by molar-refractivity contribution is -0.116. The molecule has 1 N–H and O–H groups in total. The third-order valence-corrected chi connectivity index (χ3v) is 6.22. The minimum atomic E-state index is -3.68. The van der Waals surface area contributed by atoms with Crippen molar-refractivity contribution in [3.63, 3.8) is 0 Å². The standard InChI is InChI=1S/C19H25N3O4S/c1-5-14(2)15-6-8-16(9-7-15)20-18(23)13-22-12-17(10-11-19(22)24)27(25,26)21(3)4/h6-12,14H,5,13H2,1-4H3,(H,20,23)/t14-/m0/s1. The van der Waals surface area contributed by atoms with Crippen LogP contribution in [-0.4, -0.2) is 37.3 Å². The van der Waals surface area contributed by atoms with Crippen molar-refractivity contribution in [2.75, 3.05) is 19.4 Å². The van der Waals surface area contributed by atoms with Gasteiger partial charge in [-0.1, -0.05) is 26.0 Å². The summed E-state index contributed by atoms with van der Waals surface area (Å²) in [7, 11) is -0.878. The van der Waals surface area contributed by atoms with E-state index in [1.54, 1.807) is 0 Å². The van der Waals surface area contributed by atoms with Crippen molar-refractivity contribution in [3.8, 4) is 0 Å². The number of rotatable bonds is 7. The van der Waals surface area contributed by atoms with Crippen LogP contribution >= 0.6 is 0 Å². The van der Waals surface area contributed by atoms with Crippen LogP contribution in [0.2, 0.25) is 0 Å². The zero-order valence-electron chi connectivity index (χ0n) is 16.0. The van der Waals surface area contributed by atoms with Crippen LogP contribution in [0.1, 0.15) is 31.7 Å². The second kappa shape index (κ2) is 8.49. The van der Waals surface area contributed by atoms with Gasteiger partial charge in [-0.3, -0.25) is 9.59 Å². The maximum atomic E-state index is 12.3. The molecule has 0 aliphatic heterocycles. The molecule has 0 radical (unpaired) electrons. The molecule has 27 heavy (non-hydrogen) atoms. The molecule has 0 fully saturated rings. The van der Waals surface area contributed by atoms with Crippen LogP contribution in [0, 0.1) is 0 Å². The molecule has 146 valence electrons. The van der Waals surface area contributed by atoms with Gasteiger partial charge >= 0.3 is 0 Å². The molecular weight excluding hydrogens is 366 g/mol. The molecule has 0 unspecified atom stereocenters. The summed E-state index contributed by atoms with van der Waals surface area (Å²) in [5.74, 6) is 0.0301. The van der Waals surface area contributed by atoms with E-state index in [9.17, 15) is 18.0 Å². The molecule has 8 heteroatoms. The summed E-state index contributed by atoms with van der Waals surface area (Å²) in [6.07, 6.45) is 2.21. The fourth-order valence-corrected chi connectivity index (χ4v) is 3.40. The van der Waals surface area contributed by atoms with E-state index >= 15 is 0 Å². The molecule has 2 aromatic rings. The topological polar surface area (TPSA) is 88.5 Å². The number of nitrogens with one attached hydrogen (secondary N) is 1. The van der Waals surface area contributed by atoms with Gasteiger partial charge in [0.15, 0.2) is 0 Å². The molecular formula is C19H25N3O4S. The van der Waals surface area contributed by atoms with Gasteiger partial charge in [0, 0.05) is 32.0 Å². The molecule has 2 rings (SSSR count). The van der Waals surface area contributed by atoms with Gasteiger partial charge < -0.3 is 9.88 Å². The van der Waals surface area contributed by atoms with Gasteiger partial charge in [-0.05, 0) is 36.1 Å². The average molecular weight is 391 g/mol. The number of carbonyl (C=O) groups is 1. The summed E-state index contributed by atoms with van der Waals surface area (Å²) in [4.78, 5) is 24.2. The van der Waals surface area contributed by atoms with Gasteiger partial charge in [0.25, 0.3) is 5.56 Å². The monoisotopic (exact) mass is 391 g/mol. The molecule has 1 amide bonds. The molecule has 0 spiro atoms. The van der Waals surface area contributed by atoms with E-state index in [1.165, 1.54) is 31.9 Å². The first-order valence-corrected chi connectivity index (χ1v) is 10.1. The van der Waals surface area contributed by atoms with E-state index in [-0.39, 0.29) is 11.4 Å². The minimum Gasteiger partial charge on any atom is -0.325 e. The Hall–Kier alpha value is -2.45. The number of carbonyl (C=O) groups excluding carboxylic acids is 1. The highest BCUT2D eigenvalue weighted by Crippen LogP contribution is 2.20. The molecule has 1 atom stereocenters. The first-order valence-electron chi connectivity index (χ1n) is 8.68. The van der Waals surface area contributed by atoms with Crippen molar-refractivity contribution in [2.45, 2.75) is 37.6 Å². The maximum Gasteiger partial charge on any atom is 0.251 e. The van der Waals surface area contributed by atoms with Crippen LogP contribution in [-0.2, 0) is 21.4 Å². The molecule has 0 aliphatic carbocycles. The molecule has 1 aromatic carbocycles. The Kier molecular flexibility index (Phi) is 6.56. The van der Waals surface area contributed by atoms with Crippen LogP contribution in [0.4, 0.5) is 5.69 Å². The fraction of sp³-hybridized carbons (Fsp3) is 0.368. The molecule has 1 aromatic heterocycles. The molecule has 0 saturated carbocycles.